The Bertz CT molecular complexity index is 445. The van der Waals surface area contributed by atoms with Gasteiger partial charge < -0.3 is 10.7 Å². The zero-order valence-electron chi connectivity index (χ0n) is 9.56. The fourth-order valence-corrected chi connectivity index (χ4v) is 1.29. The van der Waals surface area contributed by atoms with Crippen LogP contribution in [0.1, 0.15) is 24.2 Å². The first-order chi connectivity index (χ1) is 7.95. The number of amides is 1. The van der Waals surface area contributed by atoms with Gasteiger partial charge in [-0.25, -0.2) is 0 Å². The number of hydrazine groups is 1. The molecule has 1 rings (SSSR count). The van der Waals surface area contributed by atoms with Gasteiger partial charge in [0.1, 0.15) is 5.69 Å². The van der Waals surface area contributed by atoms with E-state index in [1.165, 1.54) is 18.2 Å². The lowest BCUT2D eigenvalue weighted by Gasteiger charge is -2.09. The number of hydrogen-bond donors (Lipinski definition) is 3. The van der Waals surface area contributed by atoms with E-state index in [2.05, 4.69) is 10.7 Å². The zero-order chi connectivity index (χ0) is 13.0. The molecule has 1 aromatic rings. The monoisotopic (exact) mass is 238 g/mol. The highest BCUT2D eigenvalue weighted by Gasteiger charge is 2.17. The summed E-state index contributed by atoms with van der Waals surface area (Å²) in [6, 6.07) is 4.02. The summed E-state index contributed by atoms with van der Waals surface area (Å²) < 4.78 is 0. The highest BCUT2D eigenvalue weighted by atomic mass is 16.6. The Morgan fingerprint density at radius 2 is 2.12 bits per heavy atom. The first kappa shape index (κ1) is 12.9. The van der Waals surface area contributed by atoms with Gasteiger partial charge in [0.2, 0.25) is 0 Å². The Labute approximate surface area is 98.1 Å². The molecule has 92 valence electrons. The number of nitro groups is 1. The summed E-state index contributed by atoms with van der Waals surface area (Å²) in [5.74, 6) is 4.79. The molecule has 0 unspecified atom stereocenters. The number of nitrogens with zero attached hydrogens (tertiary/aromatic N) is 1. The average molecular weight is 238 g/mol. The molecule has 0 heterocycles. The summed E-state index contributed by atoms with van der Waals surface area (Å²) in [5.41, 5.74) is 2.37. The van der Waals surface area contributed by atoms with Crippen molar-refractivity contribution in [2.45, 2.75) is 19.9 Å². The van der Waals surface area contributed by atoms with Crippen LogP contribution in [0.5, 0.6) is 0 Å². The van der Waals surface area contributed by atoms with Crippen LogP contribution in [0.2, 0.25) is 0 Å². The molecule has 7 nitrogen and oxygen atoms in total. The van der Waals surface area contributed by atoms with Gasteiger partial charge in [0, 0.05) is 17.7 Å². The van der Waals surface area contributed by atoms with E-state index in [0.717, 1.165) is 0 Å². The summed E-state index contributed by atoms with van der Waals surface area (Å²) in [5, 5.41) is 13.4. The SMILES string of the molecule is CC(C)NC(=O)c1ccc(NN)c([N+](=O)[O-])c1. The number of nitrogens with one attached hydrogen (secondary N) is 2. The van der Waals surface area contributed by atoms with Crippen molar-refractivity contribution < 1.29 is 9.72 Å². The molecule has 0 saturated carbocycles. The Hall–Kier alpha value is -2.15. The van der Waals surface area contributed by atoms with Gasteiger partial charge >= 0.3 is 0 Å². The Balaban J connectivity index is 3.08. The first-order valence-corrected chi connectivity index (χ1v) is 5.01. The van der Waals surface area contributed by atoms with Gasteiger partial charge in [-0.1, -0.05) is 0 Å². The van der Waals surface area contributed by atoms with E-state index >= 15 is 0 Å². The fraction of sp³-hybridized carbons (Fsp3) is 0.300. The van der Waals surface area contributed by atoms with E-state index in [-0.39, 0.29) is 28.9 Å². The van der Waals surface area contributed by atoms with Crippen molar-refractivity contribution in [2.24, 2.45) is 5.84 Å². The van der Waals surface area contributed by atoms with Gasteiger partial charge in [-0.05, 0) is 26.0 Å². The maximum Gasteiger partial charge on any atom is 0.294 e. The average Bonchev–Trinajstić information content (AvgIpc) is 2.27. The van der Waals surface area contributed by atoms with Gasteiger partial charge in [-0.2, -0.15) is 0 Å². The van der Waals surface area contributed by atoms with E-state index < -0.39 is 4.92 Å². The first-order valence-electron chi connectivity index (χ1n) is 5.01. The third-order valence-corrected chi connectivity index (χ3v) is 2.03. The van der Waals surface area contributed by atoms with Crippen LogP contribution in [0.4, 0.5) is 11.4 Å². The van der Waals surface area contributed by atoms with Crippen LogP contribution in [-0.4, -0.2) is 16.9 Å². The lowest BCUT2D eigenvalue weighted by Crippen LogP contribution is -2.30. The number of carbonyl (C=O) groups excluding carboxylic acids is 1. The van der Waals surface area contributed by atoms with Crippen molar-refractivity contribution in [2.75, 3.05) is 5.43 Å². The second-order valence-corrected chi connectivity index (χ2v) is 3.76. The van der Waals surface area contributed by atoms with Crippen molar-refractivity contribution >= 4 is 17.3 Å². The molecule has 0 atom stereocenters. The summed E-state index contributed by atoms with van der Waals surface area (Å²) in [6.07, 6.45) is 0. The standard InChI is InChI=1S/C10H14N4O3/c1-6(2)12-10(15)7-3-4-8(13-11)9(5-7)14(16)17/h3-6,13H,11H2,1-2H3,(H,12,15). The van der Waals surface area contributed by atoms with Crippen molar-refractivity contribution in [3.63, 3.8) is 0 Å². The number of hydrogen-bond acceptors (Lipinski definition) is 5. The van der Waals surface area contributed by atoms with Crippen LogP contribution < -0.4 is 16.6 Å². The Morgan fingerprint density at radius 3 is 2.59 bits per heavy atom. The highest BCUT2D eigenvalue weighted by Crippen LogP contribution is 2.24. The van der Waals surface area contributed by atoms with E-state index in [1.807, 2.05) is 13.8 Å². The van der Waals surface area contributed by atoms with Gasteiger partial charge in [0.15, 0.2) is 0 Å². The predicted octanol–water partition coefficient (Wildman–Crippen LogP) is 1.02. The number of benzene rings is 1. The molecule has 1 aromatic carbocycles. The summed E-state index contributed by atoms with van der Waals surface area (Å²) in [4.78, 5) is 21.8. The highest BCUT2D eigenvalue weighted by molar-refractivity contribution is 5.95. The summed E-state index contributed by atoms with van der Waals surface area (Å²) in [6.45, 7) is 3.62. The van der Waals surface area contributed by atoms with E-state index in [4.69, 9.17) is 5.84 Å². The van der Waals surface area contributed by atoms with Crippen LogP contribution in [0.15, 0.2) is 18.2 Å². The van der Waals surface area contributed by atoms with Crippen LogP contribution in [0.3, 0.4) is 0 Å². The van der Waals surface area contributed by atoms with Crippen LogP contribution >= 0.6 is 0 Å². The largest absolute Gasteiger partial charge is 0.350 e. The van der Waals surface area contributed by atoms with Gasteiger partial charge in [-0.15, -0.1) is 0 Å². The van der Waals surface area contributed by atoms with E-state index in [9.17, 15) is 14.9 Å². The van der Waals surface area contributed by atoms with Crippen molar-refractivity contribution in [3.8, 4) is 0 Å². The maximum atomic E-state index is 11.6. The molecule has 0 fully saturated rings. The number of nitrogen functional groups attached to an aromatic ring is 1. The quantitative estimate of drug-likeness (QED) is 0.412. The summed E-state index contributed by atoms with van der Waals surface area (Å²) in [7, 11) is 0. The number of rotatable bonds is 4. The molecule has 4 N–H and O–H groups in total. The van der Waals surface area contributed by atoms with E-state index in [0.29, 0.717) is 0 Å². The minimum atomic E-state index is -0.596. The molecular formula is C10H14N4O3. The van der Waals surface area contributed by atoms with Gasteiger partial charge in [0.25, 0.3) is 11.6 Å². The number of anilines is 1. The summed E-state index contributed by atoms with van der Waals surface area (Å²) >= 11 is 0. The van der Waals surface area contributed by atoms with Crippen molar-refractivity contribution in [1.29, 1.82) is 0 Å². The molecule has 0 saturated heterocycles. The lowest BCUT2D eigenvalue weighted by atomic mass is 10.1. The molecule has 0 aliphatic heterocycles. The number of nitro benzene ring substituents is 1. The third kappa shape index (κ3) is 3.15. The molecular weight excluding hydrogens is 224 g/mol. The van der Waals surface area contributed by atoms with Crippen LogP contribution in [-0.2, 0) is 0 Å². The maximum absolute atomic E-state index is 11.6. The van der Waals surface area contributed by atoms with Crippen LogP contribution in [0.25, 0.3) is 0 Å². The molecule has 17 heavy (non-hydrogen) atoms. The normalized spacial score (nSPS) is 10.1. The topological polar surface area (TPSA) is 110 Å². The molecule has 7 heteroatoms. The lowest BCUT2D eigenvalue weighted by molar-refractivity contribution is -0.384. The smallest absolute Gasteiger partial charge is 0.294 e. The Morgan fingerprint density at radius 1 is 1.47 bits per heavy atom. The molecule has 0 bridgehead atoms. The van der Waals surface area contributed by atoms with Crippen molar-refractivity contribution in [3.05, 3.63) is 33.9 Å². The fourth-order valence-electron chi connectivity index (χ4n) is 1.29. The molecule has 0 aromatic heterocycles. The second kappa shape index (κ2) is 5.26. The number of nitrogens with two attached hydrogens (primary N) is 1. The zero-order valence-corrected chi connectivity index (χ0v) is 9.56. The minimum Gasteiger partial charge on any atom is -0.350 e. The minimum absolute atomic E-state index is 0.0335. The third-order valence-electron chi connectivity index (χ3n) is 2.03. The number of carbonyl (C=O) groups is 1. The predicted molar refractivity (Wildman–Crippen MR) is 63.5 cm³/mol. The molecule has 0 spiro atoms. The van der Waals surface area contributed by atoms with Crippen molar-refractivity contribution in [1.82, 2.24) is 5.32 Å². The second-order valence-electron chi connectivity index (χ2n) is 3.76. The van der Waals surface area contributed by atoms with Crippen LogP contribution in [0, 0.1) is 10.1 Å². The molecule has 0 radical (unpaired) electrons. The molecule has 1 amide bonds. The van der Waals surface area contributed by atoms with E-state index in [1.54, 1.807) is 0 Å². The molecule has 0 aliphatic carbocycles. The van der Waals surface area contributed by atoms with Gasteiger partial charge in [-0.3, -0.25) is 20.8 Å². The Kier molecular flexibility index (Phi) is 4.00. The molecule has 0 aliphatic rings. The van der Waals surface area contributed by atoms with Gasteiger partial charge in [0.05, 0.1) is 4.92 Å².